The molecule has 0 aliphatic carbocycles. The van der Waals surface area contributed by atoms with Gasteiger partial charge in [0.05, 0.1) is 0 Å². The van der Waals surface area contributed by atoms with Crippen LogP contribution in [0.4, 0.5) is 20.6 Å². The highest BCUT2D eigenvalue weighted by Gasteiger charge is 2.23. The number of anilines is 2. The van der Waals surface area contributed by atoms with E-state index in [1.807, 2.05) is 0 Å². The second-order valence-electron chi connectivity index (χ2n) is 7.19. The van der Waals surface area contributed by atoms with Crippen molar-refractivity contribution in [3.63, 3.8) is 0 Å². The lowest BCUT2D eigenvalue weighted by Crippen LogP contribution is -2.34. The lowest BCUT2D eigenvalue weighted by atomic mass is 10.1. The third kappa shape index (κ3) is 5.00. The minimum Gasteiger partial charge on any atom is -0.371 e. The van der Waals surface area contributed by atoms with Crippen molar-refractivity contribution in [1.82, 2.24) is 10.2 Å². The Morgan fingerprint density at radius 2 is 1.79 bits per heavy atom. The van der Waals surface area contributed by atoms with Crippen molar-refractivity contribution in [2.24, 2.45) is 5.92 Å². The van der Waals surface area contributed by atoms with Gasteiger partial charge in [0.15, 0.2) is 0 Å². The molecule has 1 atom stereocenters. The predicted octanol–water partition coefficient (Wildman–Crippen LogP) is 3.18. The number of nitrogens with one attached hydrogen (secondary N) is 2. The maximum atomic E-state index is 13.0. The molecule has 7 heteroatoms. The van der Waals surface area contributed by atoms with Crippen LogP contribution in [0.15, 0.2) is 48.5 Å². The first-order valence-corrected chi connectivity index (χ1v) is 9.29. The number of amides is 3. The molecule has 2 aromatic rings. The quantitative estimate of drug-likeness (QED) is 0.832. The van der Waals surface area contributed by atoms with Gasteiger partial charge in [0.1, 0.15) is 5.82 Å². The highest BCUT2D eigenvalue weighted by atomic mass is 19.1. The second kappa shape index (κ2) is 8.73. The van der Waals surface area contributed by atoms with Crippen molar-refractivity contribution in [3.8, 4) is 0 Å². The second-order valence-corrected chi connectivity index (χ2v) is 7.19. The number of halogens is 1. The van der Waals surface area contributed by atoms with Gasteiger partial charge in [0, 0.05) is 50.7 Å². The summed E-state index contributed by atoms with van der Waals surface area (Å²) in [6, 6.07) is 13.0. The van der Waals surface area contributed by atoms with E-state index in [1.54, 1.807) is 50.5 Å². The lowest BCUT2D eigenvalue weighted by Gasteiger charge is -2.19. The minimum absolute atomic E-state index is 0.0806. The molecule has 0 saturated carbocycles. The van der Waals surface area contributed by atoms with E-state index >= 15 is 0 Å². The average molecular weight is 384 g/mol. The molecule has 0 bridgehead atoms. The van der Waals surface area contributed by atoms with Crippen LogP contribution in [-0.4, -0.2) is 50.6 Å². The fourth-order valence-electron chi connectivity index (χ4n) is 3.25. The van der Waals surface area contributed by atoms with Gasteiger partial charge in [-0.3, -0.25) is 4.79 Å². The first-order chi connectivity index (χ1) is 13.4. The van der Waals surface area contributed by atoms with Crippen LogP contribution in [0, 0.1) is 11.7 Å². The molecule has 28 heavy (non-hydrogen) atoms. The molecule has 3 rings (SSSR count). The summed E-state index contributed by atoms with van der Waals surface area (Å²) in [6.45, 7) is 2.29. The monoisotopic (exact) mass is 384 g/mol. The summed E-state index contributed by atoms with van der Waals surface area (Å²) in [6.07, 6.45) is 0.971. The summed E-state index contributed by atoms with van der Waals surface area (Å²) < 4.78 is 13.0. The number of carbonyl (C=O) groups is 2. The fraction of sp³-hybridized carbons (Fsp3) is 0.333. The van der Waals surface area contributed by atoms with Crippen LogP contribution in [0.1, 0.15) is 16.8 Å². The van der Waals surface area contributed by atoms with Crippen LogP contribution < -0.4 is 15.5 Å². The zero-order valence-electron chi connectivity index (χ0n) is 16.1. The Balaban J connectivity index is 1.44. The molecule has 6 nitrogen and oxygen atoms in total. The van der Waals surface area contributed by atoms with Crippen LogP contribution in [0.25, 0.3) is 0 Å². The van der Waals surface area contributed by atoms with Crippen LogP contribution in [0.3, 0.4) is 0 Å². The lowest BCUT2D eigenvalue weighted by molar-refractivity contribution is 0.0827. The molecule has 3 amide bonds. The molecule has 1 aliphatic heterocycles. The Morgan fingerprint density at radius 3 is 2.43 bits per heavy atom. The Labute approximate surface area is 164 Å². The van der Waals surface area contributed by atoms with Gasteiger partial charge in [-0.25, -0.2) is 9.18 Å². The third-order valence-electron chi connectivity index (χ3n) is 4.82. The van der Waals surface area contributed by atoms with Crippen molar-refractivity contribution in [1.29, 1.82) is 0 Å². The third-order valence-corrected chi connectivity index (χ3v) is 4.82. The molecule has 0 radical (unpaired) electrons. The molecule has 0 spiro atoms. The van der Waals surface area contributed by atoms with E-state index in [2.05, 4.69) is 15.5 Å². The van der Waals surface area contributed by atoms with Crippen LogP contribution >= 0.6 is 0 Å². The molecule has 2 N–H and O–H groups in total. The Hall–Kier alpha value is -3.09. The SMILES string of the molecule is CN(C)C(=O)c1ccc(NC(=O)NC[C@@H]2CCN(c3ccc(F)cc3)C2)cc1. The van der Waals surface area contributed by atoms with Crippen LogP contribution in [0.2, 0.25) is 0 Å². The molecule has 1 saturated heterocycles. The van der Waals surface area contributed by atoms with Crippen molar-refractivity contribution in [2.45, 2.75) is 6.42 Å². The van der Waals surface area contributed by atoms with E-state index in [4.69, 9.17) is 0 Å². The first-order valence-electron chi connectivity index (χ1n) is 9.29. The van der Waals surface area contributed by atoms with Crippen LogP contribution in [0.5, 0.6) is 0 Å². The molecular weight excluding hydrogens is 359 g/mol. The van der Waals surface area contributed by atoms with E-state index in [0.717, 1.165) is 25.2 Å². The highest BCUT2D eigenvalue weighted by Crippen LogP contribution is 2.23. The number of hydrogen-bond donors (Lipinski definition) is 2. The molecular formula is C21H25FN4O2. The number of rotatable bonds is 5. The maximum absolute atomic E-state index is 13.0. The molecule has 1 aliphatic rings. The number of nitrogens with zero attached hydrogens (tertiary/aromatic N) is 2. The largest absolute Gasteiger partial charge is 0.371 e. The summed E-state index contributed by atoms with van der Waals surface area (Å²) in [4.78, 5) is 27.7. The number of hydrogen-bond acceptors (Lipinski definition) is 3. The molecule has 1 fully saturated rings. The summed E-state index contributed by atoms with van der Waals surface area (Å²) in [7, 11) is 3.39. The topological polar surface area (TPSA) is 64.7 Å². The van der Waals surface area contributed by atoms with Crippen molar-refractivity contribution >= 4 is 23.3 Å². The van der Waals surface area contributed by atoms with Gasteiger partial charge >= 0.3 is 6.03 Å². The van der Waals surface area contributed by atoms with Gasteiger partial charge in [0.2, 0.25) is 0 Å². The number of benzene rings is 2. The summed E-state index contributed by atoms with van der Waals surface area (Å²) in [5.41, 5.74) is 2.20. The van der Waals surface area contributed by atoms with Gasteiger partial charge < -0.3 is 20.4 Å². The zero-order chi connectivity index (χ0) is 20.1. The van der Waals surface area contributed by atoms with E-state index < -0.39 is 0 Å². The fourth-order valence-corrected chi connectivity index (χ4v) is 3.25. The first kappa shape index (κ1) is 19.7. The zero-order valence-corrected chi connectivity index (χ0v) is 16.1. The van der Waals surface area contributed by atoms with Gasteiger partial charge in [0.25, 0.3) is 5.91 Å². The normalized spacial score (nSPS) is 16.0. The van der Waals surface area contributed by atoms with E-state index in [0.29, 0.717) is 23.7 Å². The Morgan fingerprint density at radius 1 is 1.11 bits per heavy atom. The average Bonchev–Trinajstić information content (AvgIpc) is 3.16. The van der Waals surface area contributed by atoms with E-state index in [9.17, 15) is 14.0 Å². The molecule has 2 aromatic carbocycles. The van der Waals surface area contributed by atoms with Crippen molar-refractivity contribution in [3.05, 3.63) is 59.9 Å². The Kier molecular flexibility index (Phi) is 6.13. The van der Waals surface area contributed by atoms with Crippen LogP contribution in [-0.2, 0) is 0 Å². The highest BCUT2D eigenvalue weighted by molar-refractivity contribution is 5.95. The van der Waals surface area contributed by atoms with Gasteiger partial charge in [-0.05, 0) is 60.9 Å². The summed E-state index contributed by atoms with van der Waals surface area (Å²) in [5.74, 6) is 0.0239. The smallest absolute Gasteiger partial charge is 0.319 e. The standard InChI is InChI=1S/C21H25FN4O2/c1-25(2)20(27)16-3-7-18(8-4-16)24-21(28)23-13-15-11-12-26(14-15)19-9-5-17(22)6-10-19/h3-10,15H,11-14H2,1-2H3,(H2,23,24,28)/t15-/m0/s1. The van der Waals surface area contributed by atoms with Crippen molar-refractivity contribution in [2.75, 3.05) is 43.9 Å². The molecule has 0 unspecified atom stereocenters. The van der Waals surface area contributed by atoms with E-state index in [1.165, 1.54) is 17.0 Å². The van der Waals surface area contributed by atoms with E-state index in [-0.39, 0.29) is 17.8 Å². The summed E-state index contributed by atoms with van der Waals surface area (Å²) >= 11 is 0. The molecule has 0 aromatic heterocycles. The molecule has 1 heterocycles. The molecule has 148 valence electrons. The predicted molar refractivity (Wildman–Crippen MR) is 108 cm³/mol. The van der Waals surface area contributed by atoms with Gasteiger partial charge in [-0.2, -0.15) is 0 Å². The van der Waals surface area contributed by atoms with Gasteiger partial charge in [-0.15, -0.1) is 0 Å². The summed E-state index contributed by atoms with van der Waals surface area (Å²) in [5, 5.41) is 5.68. The van der Waals surface area contributed by atoms with Gasteiger partial charge in [-0.1, -0.05) is 0 Å². The number of carbonyl (C=O) groups excluding carboxylic acids is 2. The maximum Gasteiger partial charge on any atom is 0.319 e. The minimum atomic E-state index is -0.271. The number of urea groups is 1. The Bertz CT molecular complexity index is 821. The van der Waals surface area contributed by atoms with Crippen molar-refractivity contribution < 1.29 is 14.0 Å².